The quantitative estimate of drug-likeness (QED) is 0.0975. The summed E-state index contributed by atoms with van der Waals surface area (Å²) in [5.74, 6) is 0.000623. The van der Waals surface area contributed by atoms with Crippen molar-refractivity contribution in [3.05, 3.63) is 40.4 Å². The monoisotopic (exact) mass is 441 g/mol. The molecule has 0 aliphatic heterocycles. The van der Waals surface area contributed by atoms with Crippen molar-refractivity contribution in [1.29, 1.82) is 0 Å². The van der Waals surface area contributed by atoms with Crippen LogP contribution >= 0.6 is 23.2 Å². The van der Waals surface area contributed by atoms with Gasteiger partial charge in [-0.2, -0.15) is 0 Å². The summed E-state index contributed by atoms with van der Waals surface area (Å²) in [5, 5.41) is 0.979. The standard InChI is InChI=1S/C23H33Cl2NO3/c1-4-6-8-10-12-28-22(26-21-16-19(24)15-20(25)17-21)14-18(3)23(27)29-13-11-9-7-5-2/h15-17H,3-14H2,1-2H3. The van der Waals surface area contributed by atoms with Gasteiger partial charge in [0, 0.05) is 15.6 Å². The predicted molar refractivity (Wildman–Crippen MR) is 123 cm³/mol. The molecule has 1 rings (SSSR count). The van der Waals surface area contributed by atoms with Gasteiger partial charge in [0.05, 0.1) is 25.3 Å². The maximum absolute atomic E-state index is 12.2. The molecule has 0 saturated heterocycles. The highest BCUT2D eigenvalue weighted by Gasteiger charge is 2.14. The number of rotatable bonds is 14. The van der Waals surface area contributed by atoms with Crippen molar-refractivity contribution in [2.75, 3.05) is 13.2 Å². The summed E-state index contributed by atoms with van der Waals surface area (Å²) in [5.41, 5.74) is 0.896. The number of ether oxygens (including phenoxy) is 2. The lowest BCUT2D eigenvalue weighted by molar-refractivity contribution is -0.139. The molecule has 0 saturated carbocycles. The highest BCUT2D eigenvalue weighted by molar-refractivity contribution is 6.35. The molecule has 0 amide bonds. The molecule has 0 N–H and O–H groups in total. The fourth-order valence-electron chi connectivity index (χ4n) is 2.64. The third kappa shape index (κ3) is 11.9. The SMILES string of the molecule is C=C(CC(=Nc1cc(Cl)cc(Cl)c1)OCCCCCC)C(=O)OCCCCCC. The molecule has 0 spiro atoms. The lowest BCUT2D eigenvalue weighted by Crippen LogP contribution is -2.14. The van der Waals surface area contributed by atoms with Crippen LogP contribution in [0.1, 0.15) is 71.6 Å². The first-order chi connectivity index (χ1) is 14.0. The Morgan fingerprint density at radius 2 is 1.45 bits per heavy atom. The zero-order valence-electron chi connectivity index (χ0n) is 17.6. The third-order valence-electron chi connectivity index (χ3n) is 4.25. The molecule has 0 heterocycles. The maximum Gasteiger partial charge on any atom is 0.333 e. The Balaban J connectivity index is 2.70. The van der Waals surface area contributed by atoms with E-state index in [0.29, 0.717) is 40.4 Å². The topological polar surface area (TPSA) is 47.9 Å². The summed E-state index contributed by atoms with van der Waals surface area (Å²) in [6.45, 7) is 9.10. The number of carbonyl (C=O) groups is 1. The van der Waals surface area contributed by atoms with Crippen molar-refractivity contribution in [3.63, 3.8) is 0 Å². The molecule has 0 atom stereocenters. The van der Waals surface area contributed by atoms with E-state index >= 15 is 0 Å². The van der Waals surface area contributed by atoms with Gasteiger partial charge >= 0.3 is 5.97 Å². The first kappa shape index (κ1) is 25.5. The van der Waals surface area contributed by atoms with Crippen molar-refractivity contribution in [1.82, 2.24) is 0 Å². The molecule has 0 radical (unpaired) electrons. The Labute approximate surface area is 185 Å². The number of esters is 1. The zero-order valence-corrected chi connectivity index (χ0v) is 19.2. The van der Waals surface area contributed by atoms with E-state index in [4.69, 9.17) is 32.7 Å². The van der Waals surface area contributed by atoms with Gasteiger partial charge in [-0.1, -0.05) is 82.2 Å². The van der Waals surface area contributed by atoms with E-state index in [2.05, 4.69) is 25.4 Å². The van der Waals surface area contributed by atoms with Gasteiger partial charge in [0.25, 0.3) is 0 Å². The number of halogens is 2. The van der Waals surface area contributed by atoms with Gasteiger partial charge in [-0.05, 0) is 31.0 Å². The van der Waals surface area contributed by atoms with Crippen LogP contribution < -0.4 is 0 Å². The summed E-state index contributed by atoms with van der Waals surface area (Å²) in [6, 6.07) is 5.04. The fourth-order valence-corrected chi connectivity index (χ4v) is 3.15. The number of hydrogen-bond donors (Lipinski definition) is 0. The zero-order chi connectivity index (χ0) is 21.5. The van der Waals surface area contributed by atoms with Crippen molar-refractivity contribution < 1.29 is 14.3 Å². The molecule has 0 bridgehead atoms. The van der Waals surface area contributed by atoms with Gasteiger partial charge in [0.1, 0.15) is 0 Å². The van der Waals surface area contributed by atoms with Crippen molar-refractivity contribution in [2.45, 2.75) is 71.6 Å². The highest BCUT2D eigenvalue weighted by Crippen LogP contribution is 2.25. The smallest absolute Gasteiger partial charge is 0.333 e. The van der Waals surface area contributed by atoms with Gasteiger partial charge in [0.2, 0.25) is 0 Å². The van der Waals surface area contributed by atoms with E-state index in [1.54, 1.807) is 18.2 Å². The average Bonchev–Trinajstić information content (AvgIpc) is 2.66. The minimum atomic E-state index is -0.409. The molecule has 0 unspecified atom stereocenters. The molecule has 0 aliphatic rings. The van der Waals surface area contributed by atoms with Gasteiger partial charge in [-0.25, -0.2) is 9.79 Å². The molecule has 6 heteroatoms. The highest BCUT2D eigenvalue weighted by atomic mass is 35.5. The van der Waals surface area contributed by atoms with Crippen LogP contribution in [0.5, 0.6) is 0 Å². The minimum Gasteiger partial charge on any atom is -0.480 e. The molecule has 0 aliphatic carbocycles. The maximum atomic E-state index is 12.2. The second-order valence-corrected chi connectivity index (χ2v) is 7.89. The largest absolute Gasteiger partial charge is 0.480 e. The number of nitrogens with zero attached hydrogens (tertiary/aromatic N) is 1. The Bertz CT molecular complexity index is 654. The molecule has 162 valence electrons. The van der Waals surface area contributed by atoms with Crippen LogP contribution in [0.4, 0.5) is 5.69 Å². The molecular formula is C23H33Cl2NO3. The number of hydrogen-bond acceptors (Lipinski definition) is 4. The lowest BCUT2D eigenvalue weighted by atomic mass is 10.2. The van der Waals surface area contributed by atoms with E-state index in [0.717, 1.165) is 51.4 Å². The van der Waals surface area contributed by atoms with Crippen molar-refractivity contribution in [3.8, 4) is 0 Å². The first-order valence-corrected chi connectivity index (χ1v) is 11.2. The van der Waals surface area contributed by atoms with Crippen LogP contribution in [0.25, 0.3) is 0 Å². The van der Waals surface area contributed by atoms with Gasteiger partial charge in [-0.15, -0.1) is 0 Å². The molecule has 4 nitrogen and oxygen atoms in total. The molecule has 29 heavy (non-hydrogen) atoms. The Hall–Kier alpha value is -1.52. The first-order valence-electron chi connectivity index (χ1n) is 10.5. The Morgan fingerprint density at radius 3 is 2.00 bits per heavy atom. The van der Waals surface area contributed by atoms with E-state index in [1.807, 2.05) is 0 Å². The predicted octanol–water partition coefficient (Wildman–Crippen LogP) is 7.69. The fraction of sp³-hybridized carbons (Fsp3) is 0.565. The van der Waals surface area contributed by atoms with Gasteiger partial charge in [0.15, 0.2) is 5.90 Å². The van der Waals surface area contributed by atoms with Crippen LogP contribution in [0, 0.1) is 0 Å². The van der Waals surface area contributed by atoms with Gasteiger partial charge in [-0.3, -0.25) is 0 Å². The third-order valence-corrected chi connectivity index (χ3v) is 4.69. The van der Waals surface area contributed by atoms with E-state index in [1.165, 1.54) is 0 Å². The Morgan fingerprint density at radius 1 is 0.897 bits per heavy atom. The van der Waals surface area contributed by atoms with Crippen LogP contribution in [0.15, 0.2) is 35.3 Å². The number of unbranched alkanes of at least 4 members (excludes halogenated alkanes) is 6. The summed E-state index contributed by atoms with van der Waals surface area (Å²) >= 11 is 12.1. The normalized spacial score (nSPS) is 11.4. The molecule has 1 aromatic rings. The van der Waals surface area contributed by atoms with Crippen LogP contribution in [-0.4, -0.2) is 25.1 Å². The summed E-state index contributed by atoms with van der Waals surface area (Å²) in [6.07, 6.45) is 8.73. The molecule has 0 aromatic heterocycles. The van der Waals surface area contributed by atoms with Crippen LogP contribution in [0.2, 0.25) is 10.0 Å². The van der Waals surface area contributed by atoms with E-state index < -0.39 is 5.97 Å². The molecule has 1 aromatic carbocycles. The van der Waals surface area contributed by atoms with E-state index in [-0.39, 0.29) is 6.42 Å². The second-order valence-electron chi connectivity index (χ2n) is 7.02. The average molecular weight is 442 g/mol. The van der Waals surface area contributed by atoms with E-state index in [9.17, 15) is 4.79 Å². The molecular weight excluding hydrogens is 409 g/mol. The van der Waals surface area contributed by atoms with Crippen molar-refractivity contribution >= 4 is 40.8 Å². The van der Waals surface area contributed by atoms with Crippen LogP contribution in [-0.2, 0) is 14.3 Å². The Kier molecular flexibility index (Phi) is 13.5. The summed E-state index contributed by atoms with van der Waals surface area (Å²) < 4.78 is 11.2. The number of benzene rings is 1. The number of carbonyl (C=O) groups excluding carboxylic acids is 1. The minimum absolute atomic E-state index is 0.186. The van der Waals surface area contributed by atoms with Gasteiger partial charge < -0.3 is 9.47 Å². The summed E-state index contributed by atoms with van der Waals surface area (Å²) in [4.78, 5) is 16.7. The summed E-state index contributed by atoms with van der Waals surface area (Å²) in [7, 11) is 0. The lowest BCUT2D eigenvalue weighted by Gasteiger charge is -2.12. The second kappa shape index (κ2) is 15.3. The van der Waals surface area contributed by atoms with Crippen molar-refractivity contribution in [2.24, 2.45) is 4.99 Å². The number of aliphatic imine (C=N–C) groups is 1. The molecule has 0 fully saturated rings. The van der Waals surface area contributed by atoms with Crippen LogP contribution in [0.3, 0.4) is 0 Å².